The Kier molecular flexibility index (Phi) is 3.69. The Morgan fingerprint density at radius 3 is 2.92 bits per heavy atom. The lowest BCUT2D eigenvalue weighted by Crippen LogP contribution is -2.53. The van der Waals surface area contributed by atoms with Crippen molar-refractivity contribution in [1.82, 2.24) is 4.98 Å². The van der Waals surface area contributed by atoms with Gasteiger partial charge in [0.2, 0.25) is 0 Å². The molecule has 4 nitrogen and oxygen atoms in total. The molecule has 0 aliphatic carbocycles. The first-order valence-corrected chi connectivity index (χ1v) is 8.49. The number of fused-ring (bicyclic) bond motifs is 1. The third-order valence-electron chi connectivity index (χ3n) is 3.99. The topological polar surface area (TPSA) is 42.4 Å². The fourth-order valence-electron chi connectivity index (χ4n) is 2.68. The molecule has 0 atom stereocenters. The van der Waals surface area contributed by atoms with Gasteiger partial charge in [-0.15, -0.1) is 0 Å². The van der Waals surface area contributed by atoms with Gasteiger partial charge in [0.25, 0.3) is 0 Å². The van der Waals surface area contributed by atoms with E-state index in [0.717, 1.165) is 20.9 Å². The lowest BCUT2D eigenvalue weighted by atomic mass is 10.1. The molecular formula is C18H15FN2O2S. The van der Waals surface area contributed by atoms with Crippen LogP contribution in [0.15, 0.2) is 42.5 Å². The maximum Gasteiger partial charge on any atom is 0.338 e. The minimum atomic E-state index is -0.297. The Bertz CT molecular complexity index is 918. The summed E-state index contributed by atoms with van der Waals surface area (Å²) in [6, 6.07) is 11.9. The van der Waals surface area contributed by atoms with Crippen LogP contribution in [0.25, 0.3) is 10.2 Å². The van der Waals surface area contributed by atoms with Crippen LogP contribution < -0.4 is 4.90 Å². The van der Waals surface area contributed by atoms with Gasteiger partial charge in [0.15, 0.2) is 5.13 Å². The molecule has 0 N–H and O–H groups in total. The molecule has 1 aliphatic heterocycles. The average molecular weight is 342 g/mol. The molecular weight excluding hydrogens is 327 g/mol. The maximum absolute atomic E-state index is 13.2. The fourth-order valence-corrected chi connectivity index (χ4v) is 3.69. The molecule has 122 valence electrons. The number of ether oxygens (including phenoxy) is 1. The smallest absolute Gasteiger partial charge is 0.338 e. The summed E-state index contributed by atoms with van der Waals surface area (Å²) in [4.78, 5) is 18.7. The van der Waals surface area contributed by atoms with Crippen LogP contribution in [0.5, 0.6) is 0 Å². The van der Waals surface area contributed by atoms with E-state index in [1.165, 1.54) is 23.5 Å². The summed E-state index contributed by atoms with van der Waals surface area (Å²) in [6.07, 6.45) is -0.137. The monoisotopic (exact) mass is 342 g/mol. The van der Waals surface area contributed by atoms with E-state index < -0.39 is 0 Å². The van der Waals surface area contributed by atoms with Crippen LogP contribution >= 0.6 is 11.3 Å². The van der Waals surface area contributed by atoms with Crippen molar-refractivity contribution in [2.45, 2.75) is 13.0 Å². The number of aromatic nitrogens is 1. The van der Waals surface area contributed by atoms with Crippen molar-refractivity contribution in [2.24, 2.45) is 0 Å². The molecule has 1 fully saturated rings. The summed E-state index contributed by atoms with van der Waals surface area (Å²) in [5.74, 6) is -0.555. The molecule has 2 aromatic carbocycles. The van der Waals surface area contributed by atoms with Crippen LogP contribution in [0.1, 0.15) is 15.9 Å². The summed E-state index contributed by atoms with van der Waals surface area (Å²) in [5.41, 5.74) is 2.39. The van der Waals surface area contributed by atoms with Gasteiger partial charge in [0.05, 0.1) is 28.9 Å². The van der Waals surface area contributed by atoms with Gasteiger partial charge in [-0.05, 0) is 37.3 Å². The van der Waals surface area contributed by atoms with Gasteiger partial charge < -0.3 is 9.64 Å². The van der Waals surface area contributed by atoms with Gasteiger partial charge in [0.1, 0.15) is 11.9 Å². The zero-order valence-corrected chi connectivity index (χ0v) is 13.8. The van der Waals surface area contributed by atoms with Gasteiger partial charge in [0, 0.05) is 0 Å². The van der Waals surface area contributed by atoms with Gasteiger partial charge in [-0.3, -0.25) is 0 Å². The van der Waals surface area contributed by atoms with Crippen molar-refractivity contribution in [2.75, 3.05) is 18.0 Å². The van der Waals surface area contributed by atoms with E-state index in [1.807, 2.05) is 30.0 Å². The number of hydrogen-bond acceptors (Lipinski definition) is 5. The number of nitrogens with zero attached hydrogens (tertiary/aromatic N) is 2. The molecule has 0 bridgehead atoms. The second-order valence-electron chi connectivity index (χ2n) is 5.91. The first kappa shape index (κ1) is 15.1. The average Bonchev–Trinajstić information content (AvgIpc) is 2.92. The van der Waals surface area contributed by atoms with Crippen molar-refractivity contribution >= 4 is 32.7 Å². The fraction of sp³-hybridized carbons (Fsp3) is 0.222. The van der Waals surface area contributed by atoms with E-state index in [1.54, 1.807) is 12.1 Å². The highest BCUT2D eigenvalue weighted by molar-refractivity contribution is 7.22. The zero-order chi connectivity index (χ0) is 16.7. The summed E-state index contributed by atoms with van der Waals surface area (Å²) >= 11 is 1.45. The van der Waals surface area contributed by atoms with Crippen LogP contribution in [0.3, 0.4) is 0 Å². The number of aryl methyl sites for hydroxylation is 1. The molecule has 0 radical (unpaired) electrons. The molecule has 1 saturated heterocycles. The quantitative estimate of drug-likeness (QED) is 0.679. The zero-order valence-electron chi connectivity index (χ0n) is 13.0. The molecule has 3 aromatic rings. The van der Waals surface area contributed by atoms with Crippen LogP contribution in [0, 0.1) is 12.7 Å². The van der Waals surface area contributed by atoms with Crippen molar-refractivity contribution in [3.63, 3.8) is 0 Å². The third-order valence-corrected chi connectivity index (χ3v) is 5.06. The van der Waals surface area contributed by atoms with Crippen LogP contribution in [0.4, 0.5) is 9.52 Å². The highest BCUT2D eigenvalue weighted by atomic mass is 32.1. The number of hydrogen-bond donors (Lipinski definition) is 0. The van der Waals surface area contributed by atoms with Crippen molar-refractivity contribution in [3.8, 4) is 0 Å². The van der Waals surface area contributed by atoms with E-state index in [0.29, 0.717) is 18.7 Å². The van der Waals surface area contributed by atoms with Gasteiger partial charge in [-0.1, -0.05) is 29.0 Å². The third kappa shape index (κ3) is 2.85. The van der Waals surface area contributed by atoms with Gasteiger partial charge in [-0.25, -0.2) is 14.2 Å². The molecule has 0 saturated carbocycles. The number of esters is 1. The number of carbonyl (C=O) groups excluding carboxylic acids is 1. The van der Waals surface area contributed by atoms with E-state index >= 15 is 0 Å². The Morgan fingerprint density at radius 1 is 1.29 bits per heavy atom. The minimum absolute atomic E-state index is 0.137. The van der Waals surface area contributed by atoms with E-state index in [2.05, 4.69) is 4.98 Å². The Hall–Kier alpha value is -2.47. The molecule has 1 aliphatic rings. The Balaban J connectivity index is 1.39. The van der Waals surface area contributed by atoms with Crippen molar-refractivity contribution in [1.29, 1.82) is 0 Å². The van der Waals surface area contributed by atoms with E-state index in [4.69, 9.17) is 4.74 Å². The molecule has 1 aromatic heterocycles. The first-order chi connectivity index (χ1) is 11.6. The molecule has 4 rings (SSSR count). The summed E-state index contributed by atoms with van der Waals surface area (Å²) < 4.78 is 19.6. The number of halogens is 1. The number of rotatable bonds is 3. The SMILES string of the molecule is Cc1cccc(C(=O)OC2CN(c3nc4ccc(F)cc4s3)C2)c1. The number of carbonyl (C=O) groups is 1. The van der Waals surface area contributed by atoms with Gasteiger partial charge >= 0.3 is 5.97 Å². The lowest BCUT2D eigenvalue weighted by molar-refractivity contribution is 0.0234. The van der Waals surface area contributed by atoms with Gasteiger partial charge in [-0.2, -0.15) is 0 Å². The predicted octanol–water partition coefficient (Wildman–Crippen LogP) is 3.79. The number of benzene rings is 2. The lowest BCUT2D eigenvalue weighted by Gasteiger charge is -2.38. The number of thiazole rings is 1. The van der Waals surface area contributed by atoms with Crippen LogP contribution in [-0.4, -0.2) is 30.1 Å². The van der Waals surface area contributed by atoms with Crippen molar-refractivity contribution in [3.05, 3.63) is 59.4 Å². The normalized spacial score (nSPS) is 14.7. The summed E-state index contributed by atoms with van der Waals surface area (Å²) in [5, 5.41) is 0.832. The van der Waals surface area contributed by atoms with Crippen molar-refractivity contribution < 1.29 is 13.9 Å². The number of anilines is 1. The first-order valence-electron chi connectivity index (χ1n) is 7.67. The predicted molar refractivity (Wildman–Crippen MR) is 92.2 cm³/mol. The molecule has 24 heavy (non-hydrogen) atoms. The Labute approximate surface area is 142 Å². The molecule has 0 unspecified atom stereocenters. The summed E-state index contributed by atoms with van der Waals surface area (Å²) in [7, 11) is 0. The Morgan fingerprint density at radius 2 is 2.12 bits per heavy atom. The van der Waals surface area contributed by atoms with E-state index in [-0.39, 0.29) is 17.9 Å². The summed E-state index contributed by atoms with van der Waals surface area (Å²) in [6.45, 7) is 3.16. The second kappa shape index (κ2) is 5.87. The molecule has 6 heteroatoms. The minimum Gasteiger partial charge on any atom is -0.455 e. The van der Waals surface area contributed by atoms with E-state index in [9.17, 15) is 9.18 Å². The standard InChI is InChI=1S/C18H15FN2O2S/c1-11-3-2-4-12(7-11)17(22)23-14-9-21(10-14)18-20-15-6-5-13(19)8-16(15)24-18/h2-8,14H,9-10H2,1H3. The van der Waals surface area contributed by atoms with Crippen LogP contribution in [-0.2, 0) is 4.74 Å². The highest BCUT2D eigenvalue weighted by Crippen LogP contribution is 2.32. The molecule has 0 spiro atoms. The highest BCUT2D eigenvalue weighted by Gasteiger charge is 2.32. The second-order valence-corrected chi connectivity index (χ2v) is 6.92. The molecule has 0 amide bonds. The van der Waals surface area contributed by atoms with Crippen LogP contribution in [0.2, 0.25) is 0 Å². The maximum atomic E-state index is 13.2. The molecule has 2 heterocycles. The largest absolute Gasteiger partial charge is 0.455 e.